The van der Waals surface area contributed by atoms with Gasteiger partial charge < -0.3 is 39.7 Å². The molecule has 3 aliphatic rings. The summed E-state index contributed by atoms with van der Waals surface area (Å²) >= 11 is 0. The van der Waals surface area contributed by atoms with E-state index in [1.807, 2.05) is 6.92 Å². The molecule has 9 heteroatoms. The van der Waals surface area contributed by atoms with E-state index in [2.05, 4.69) is 0 Å². The Kier molecular flexibility index (Phi) is 5.45. The number of hydrogen-bond acceptors (Lipinski definition) is 9. The number of fused-ring (bicyclic) bond motifs is 1. The lowest BCUT2D eigenvalue weighted by molar-refractivity contribution is -0.342. The lowest BCUT2D eigenvalue weighted by Gasteiger charge is -2.43. The van der Waals surface area contributed by atoms with Gasteiger partial charge in [-0.25, -0.2) is 0 Å². The Bertz CT molecular complexity index is 522. The number of ether oxygens (including phenoxy) is 3. The third-order valence-electron chi connectivity index (χ3n) is 5.39. The number of aliphatic hydroxyl groups excluding tert-OH is 5. The van der Waals surface area contributed by atoms with Crippen molar-refractivity contribution in [3.8, 4) is 0 Å². The van der Waals surface area contributed by atoms with Crippen LogP contribution in [0.4, 0.5) is 0 Å². The quantitative estimate of drug-likeness (QED) is 0.355. The fraction of sp³-hybridized carbons (Fsp3) is 0.812. The normalized spacial score (nSPS) is 49.9. The standard InChI is InChI=1S/C16H24O9/c1-6-2-8(19)11-7(3-17)5-23-15(10(6)11)25-16-14(22)13(21)12(20)9(4-18)24-16/h3,5-6,8-16,18-22H,2,4H2,1H3/t6-,8-,9-,10-,11+,12-,13+,14-,15+,16+/m1/s1. The molecule has 0 bridgehead atoms. The van der Waals surface area contributed by atoms with E-state index in [0.717, 1.165) is 0 Å². The summed E-state index contributed by atoms with van der Waals surface area (Å²) in [5.74, 6) is -0.803. The van der Waals surface area contributed by atoms with Gasteiger partial charge in [-0.3, -0.25) is 4.79 Å². The van der Waals surface area contributed by atoms with Gasteiger partial charge in [-0.1, -0.05) is 6.92 Å². The van der Waals surface area contributed by atoms with Crippen LogP contribution in [0.15, 0.2) is 11.8 Å². The molecule has 25 heavy (non-hydrogen) atoms. The summed E-state index contributed by atoms with van der Waals surface area (Å²) in [6.45, 7) is 1.33. The summed E-state index contributed by atoms with van der Waals surface area (Å²) in [6.07, 6.45) is -6.28. The van der Waals surface area contributed by atoms with Crippen molar-refractivity contribution in [3.63, 3.8) is 0 Å². The molecule has 9 nitrogen and oxygen atoms in total. The van der Waals surface area contributed by atoms with Gasteiger partial charge in [0, 0.05) is 17.4 Å². The molecule has 10 atom stereocenters. The second-order valence-electron chi connectivity index (χ2n) is 6.96. The molecule has 1 aliphatic carbocycles. The fourth-order valence-corrected chi connectivity index (χ4v) is 4.03. The molecule has 0 amide bonds. The molecule has 0 radical (unpaired) electrons. The van der Waals surface area contributed by atoms with Crippen molar-refractivity contribution in [2.75, 3.05) is 6.61 Å². The largest absolute Gasteiger partial charge is 0.472 e. The second kappa shape index (κ2) is 7.28. The molecule has 5 N–H and O–H groups in total. The molecule has 0 aromatic rings. The summed E-state index contributed by atoms with van der Waals surface area (Å²) in [4.78, 5) is 11.2. The highest BCUT2D eigenvalue weighted by Gasteiger charge is 2.52. The number of carbonyl (C=O) groups is 1. The third kappa shape index (κ3) is 3.21. The highest BCUT2D eigenvalue weighted by Crippen LogP contribution is 2.46. The Morgan fingerprint density at radius 1 is 1.20 bits per heavy atom. The highest BCUT2D eigenvalue weighted by atomic mass is 16.8. The zero-order valence-corrected chi connectivity index (χ0v) is 13.7. The van der Waals surface area contributed by atoms with Gasteiger partial charge in [-0.05, 0) is 12.3 Å². The Hall–Kier alpha value is -1.07. The van der Waals surface area contributed by atoms with Gasteiger partial charge in [0.05, 0.1) is 19.0 Å². The maximum atomic E-state index is 11.2. The zero-order chi connectivity index (χ0) is 18.3. The van der Waals surface area contributed by atoms with Crippen LogP contribution in [0.5, 0.6) is 0 Å². The lowest BCUT2D eigenvalue weighted by atomic mass is 9.83. The van der Waals surface area contributed by atoms with Crippen molar-refractivity contribution in [1.29, 1.82) is 0 Å². The minimum absolute atomic E-state index is 0.0152. The average molecular weight is 360 g/mol. The predicted molar refractivity (Wildman–Crippen MR) is 80.6 cm³/mol. The molecule has 1 saturated heterocycles. The van der Waals surface area contributed by atoms with Crippen molar-refractivity contribution in [1.82, 2.24) is 0 Å². The minimum atomic E-state index is -1.55. The van der Waals surface area contributed by atoms with E-state index in [4.69, 9.17) is 14.2 Å². The molecule has 0 aromatic carbocycles. The topological polar surface area (TPSA) is 146 Å². The van der Waals surface area contributed by atoms with E-state index in [9.17, 15) is 30.3 Å². The van der Waals surface area contributed by atoms with Crippen molar-refractivity contribution >= 4 is 6.29 Å². The monoisotopic (exact) mass is 360 g/mol. The predicted octanol–water partition coefficient (Wildman–Crippen LogP) is -2.12. The van der Waals surface area contributed by atoms with Gasteiger partial charge in [-0.15, -0.1) is 0 Å². The summed E-state index contributed by atoms with van der Waals surface area (Å²) in [5, 5.41) is 49.2. The molecule has 0 unspecified atom stereocenters. The van der Waals surface area contributed by atoms with Crippen LogP contribution in [0.1, 0.15) is 13.3 Å². The molecule has 142 valence electrons. The van der Waals surface area contributed by atoms with Crippen molar-refractivity contribution < 1.29 is 44.5 Å². The summed E-state index contributed by atoms with van der Waals surface area (Å²) < 4.78 is 16.5. The Balaban J connectivity index is 1.78. The average Bonchev–Trinajstić information content (AvgIpc) is 2.91. The zero-order valence-electron chi connectivity index (χ0n) is 13.7. The summed E-state index contributed by atoms with van der Waals surface area (Å²) in [7, 11) is 0. The number of aliphatic hydroxyl groups is 5. The molecular formula is C16H24O9. The van der Waals surface area contributed by atoms with Crippen LogP contribution in [0.3, 0.4) is 0 Å². The van der Waals surface area contributed by atoms with Gasteiger partial charge in [0.2, 0.25) is 6.29 Å². The van der Waals surface area contributed by atoms with Gasteiger partial charge in [0.25, 0.3) is 0 Å². The van der Waals surface area contributed by atoms with Crippen LogP contribution in [-0.2, 0) is 19.0 Å². The second-order valence-corrected chi connectivity index (χ2v) is 6.96. The maximum absolute atomic E-state index is 11.2. The van der Waals surface area contributed by atoms with Gasteiger partial charge >= 0.3 is 0 Å². The molecular weight excluding hydrogens is 336 g/mol. The van der Waals surface area contributed by atoms with Crippen LogP contribution < -0.4 is 0 Å². The van der Waals surface area contributed by atoms with Crippen LogP contribution in [0.25, 0.3) is 0 Å². The molecule has 2 fully saturated rings. The molecule has 0 spiro atoms. The smallest absolute Gasteiger partial charge is 0.205 e. The molecule has 3 rings (SSSR count). The number of rotatable bonds is 4. The van der Waals surface area contributed by atoms with E-state index in [1.165, 1.54) is 6.26 Å². The van der Waals surface area contributed by atoms with Crippen LogP contribution >= 0.6 is 0 Å². The molecule has 2 aliphatic heterocycles. The van der Waals surface area contributed by atoms with Crippen molar-refractivity contribution in [2.45, 2.75) is 56.4 Å². The maximum Gasteiger partial charge on any atom is 0.205 e. The minimum Gasteiger partial charge on any atom is -0.472 e. The Labute approximate surface area is 144 Å². The number of hydrogen-bond donors (Lipinski definition) is 5. The third-order valence-corrected chi connectivity index (χ3v) is 5.39. The molecule has 0 aromatic heterocycles. The Morgan fingerprint density at radius 3 is 2.56 bits per heavy atom. The van der Waals surface area contributed by atoms with Crippen LogP contribution in [0.2, 0.25) is 0 Å². The SMILES string of the molecule is C[C@@H]1C[C@@H](O)[C@@H]2C(C=O)=CO[C@@H](O[C@@H]3O[C@H](CO)[C@@H](O)[C@H](O)[C@H]3O)[C@@H]21. The Morgan fingerprint density at radius 2 is 1.92 bits per heavy atom. The number of aldehydes is 1. The van der Waals surface area contributed by atoms with Crippen molar-refractivity contribution in [3.05, 3.63) is 11.8 Å². The fourth-order valence-electron chi connectivity index (χ4n) is 4.03. The van der Waals surface area contributed by atoms with Gasteiger partial charge in [0.15, 0.2) is 6.29 Å². The van der Waals surface area contributed by atoms with Crippen LogP contribution in [-0.4, -0.2) is 81.5 Å². The van der Waals surface area contributed by atoms with Gasteiger partial charge in [0.1, 0.15) is 30.7 Å². The lowest BCUT2D eigenvalue weighted by Crippen LogP contribution is -2.60. The summed E-state index contributed by atoms with van der Waals surface area (Å²) in [6, 6.07) is 0. The van der Waals surface area contributed by atoms with E-state index in [-0.39, 0.29) is 11.8 Å². The first-order valence-electron chi connectivity index (χ1n) is 8.33. The number of carbonyl (C=O) groups excluding carboxylic acids is 1. The van der Waals surface area contributed by atoms with Crippen molar-refractivity contribution in [2.24, 2.45) is 17.8 Å². The van der Waals surface area contributed by atoms with E-state index in [0.29, 0.717) is 18.3 Å². The molecule has 2 heterocycles. The highest BCUT2D eigenvalue weighted by molar-refractivity contribution is 5.74. The van der Waals surface area contributed by atoms with E-state index >= 15 is 0 Å². The first kappa shape index (κ1) is 18.7. The van der Waals surface area contributed by atoms with E-state index < -0.39 is 55.6 Å². The van der Waals surface area contributed by atoms with E-state index in [1.54, 1.807) is 0 Å². The molecule has 1 saturated carbocycles. The first-order chi connectivity index (χ1) is 11.9. The van der Waals surface area contributed by atoms with Gasteiger partial charge in [-0.2, -0.15) is 0 Å². The first-order valence-corrected chi connectivity index (χ1v) is 8.33. The van der Waals surface area contributed by atoms with Crippen LogP contribution in [0, 0.1) is 17.8 Å². The summed E-state index contributed by atoms with van der Waals surface area (Å²) in [5.41, 5.74) is 0.343.